The van der Waals surface area contributed by atoms with Crippen LogP contribution in [0.15, 0.2) is 35.7 Å². The summed E-state index contributed by atoms with van der Waals surface area (Å²) in [6, 6.07) is 5.74. The van der Waals surface area contributed by atoms with Gasteiger partial charge in [-0.25, -0.2) is 8.78 Å². The van der Waals surface area contributed by atoms with Crippen molar-refractivity contribution in [2.75, 3.05) is 6.61 Å². The number of carbonyl (C=O) groups is 3. The lowest BCUT2D eigenvalue weighted by Gasteiger charge is -2.15. The minimum Gasteiger partial charge on any atom is -0.456 e. The molecule has 1 atom stereocenters. The molecule has 0 aliphatic carbocycles. The molecule has 1 aromatic carbocycles. The molecule has 0 aliphatic heterocycles. The van der Waals surface area contributed by atoms with Crippen LogP contribution >= 0.6 is 11.3 Å². The fourth-order valence-electron chi connectivity index (χ4n) is 2.21. The van der Waals surface area contributed by atoms with Crippen LogP contribution in [-0.4, -0.2) is 24.3 Å². The lowest BCUT2D eigenvalue weighted by atomic mass is 10.1. The zero-order chi connectivity index (χ0) is 19.1. The second-order valence-corrected chi connectivity index (χ2v) is 6.46. The average Bonchev–Trinajstić information content (AvgIpc) is 3.12. The van der Waals surface area contributed by atoms with Gasteiger partial charge in [0.05, 0.1) is 17.3 Å². The zero-order valence-corrected chi connectivity index (χ0v) is 14.8. The van der Waals surface area contributed by atoms with E-state index in [2.05, 4.69) is 5.32 Å². The number of rotatable bonds is 8. The van der Waals surface area contributed by atoms with Crippen LogP contribution in [0.5, 0.6) is 0 Å². The molecule has 0 radical (unpaired) electrons. The van der Waals surface area contributed by atoms with Gasteiger partial charge in [0.2, 0.25) is 0 Å². The predicted molar refractivity (Wildman–Crippen MR) is 91.8 cm³/mol. The Morgan fingerprint density at radius 3 is 2.62 bits per heavy atom. The number of ether oxygens (including phenoxy) is 1. The van der Waals surface area contributed by atoms with Crippen LogP contribution < -0.4 is 5.32 Å². The molecule has 0 spiro atoms. The Kier molecular flexibility index (Phi) is 6.97. The topological polar surface area (TPSA) is 72.5 Å². The number of hydrogen-bond acceptors (Lipinski definition) is 5. The molecule has 26 heavy (non-hydrogen) atoms. The summed E-state index contributed by atoms with van der Waals surface area (Å²) in [6.45, 7) is 0.981. The van der Waals surface area contributed by atoms with Crippen molar-refractivity contribution < 1.29 is 27.9 Å². The van der Waals surface area contributed by atoms with Crippen molar-refractivity contribution in [2.24, 2.45) is 0 Å². The van der Waals surface area contributed by atoms with E-state index in [1.807, 2.05) is 0 Å². The zero-order valence-electron chi connectivity index (χ0n) is 14.0. The monoisotopic (exact) mass is 381 g/mol. The minimum absolute atomic E-state index is 0.00183. The van der Waals surface area contributed by atoms with Gasteiger partial charge in [0.25, 0.3) is 5.91 Å². The Bertz CT molecular complexity index is 792. The summed E-state index contributed by atoms with van der Waals surface area (Å²) in [5.74, 6) is -2.95. The molecule has 0 unspecified atom stereocenters. The maximum absolute atomic E-state index is 13.7. The number of nitrogens with one attached hydrogen (secondary N) is 1. The number of thiophene rings is 1. The number of halogens is 2. The van der Waals surface area contributed by atoms with Crippen LogP contribution in [0.1, 0.15) is 41.0 Å². The third-order valence-electron chi connectivity index (χ3n) is 3.52. The molecule has 1 heterocycles. The Labute approximate surface area is 153 Å². The molecule has 138 valence electrons. The fraction of sp³-hybridized carbons (Fsp3) is 0.278. The van der Waals surface area contributed by atoms with Gasteiger partial charge in [0, 0.05) is 18.1 Å². The average molecular weight is 381 g/mol. The van der Waals surface area contributed by atoms with Gasteiger partial charge >= 0.3 is 5.97 Å². The molecule has 1 aromatic heterocycles. The molecule has 0 bridgehead atoms. The third-order valence-corrected chi connectivity index (χ3v) is 4.43. The largest absolute Gasteiger partial charge is 0.456 e. The highest BCUT2D eigenvalue weighted by Gasteiger charge is 2.16. The molecule has 0 fully saturated rings. The van der Waals surface area contributed by atoms with E-state index in [0.29, 0.717) is 4.88 Å². The van der Waals surface area contributed by atoms with Crippen molar-refractivity contribution >= 4 is 29.0 Å². The summed E-state index contributed by atoms with van der Waals surface area (Å²) in [4.78, 5) is 35.7. The summed E-state index contributed by atoms with van der Waals surface area (Å²) in [5, 5.41) is 4.22. The van der Waals surface area contributed by atoms with Crippen LogP contribution in [0.4, 0.5) is 8.78 Å². The highest BCUT2D eigenvalue weighted by atomic mass is 32.1. The minimum atomic E-state index is -0.776. The lowest BCUT2D eigenvalue weighted by molar-refractivity contribution is -0.148. The molecular formula is C18H17F2NO4S. The van der Waals surface area contributed by atoms with Gasteiger partial charge < -0.3 is 10.1 Å². The maximum atomic E-state index is 13.7. The van der Waals surface area contributed by atoms with Gasteiger partial charge in [-0.2, -0.15) is 0 Å². The number of carbonyl (C=O) groups excluding carboxylic acids is 3. The summed E-state index contributed by atoms with van der Waals surface area (Å²) < 4.78 is 31.3. The Balaban J connectivity index is 1.73. The lowest BCUT2D eigenvalue weighted by Crippen LogP contribution is -2.31. The van der Waals surface area contributed by atoms with E-state index in [1.165, 1.54) is 24.3 Å². The van der Waals surface area contributed by atoms with Crippen molar-refractivity contribution in [3.8, 4) is 0 Å². The van der Waals surface area contributed by atoms with Gasteiger partial charge in [-0.15, -0.1) is 11.3 Å². The maximum Gasteiger partial charge on any atom is 0.306 e. The summed E-state index contributed by atoms with van der Waals surface area (Å²) >= 11 is 1.29. The van der Waals surface area contributed by atoms with Gasteiger partial charge in [0.1, 0.15) is 11.6 Å². The first-order valence-corrected chi connectivity index (χ1v) is 8.71. The van der Waals surface area contributed by atoms with Gasteiger partial charge in [-0.3, -0.25) is 14.4 Å². The van der Waals surface area contributed by atoms with Crippen molar-refractivity contribution in [1.29, 1.82) is 0 Å². The first kappa shape index (κ1) is 19.7. The number of hydrogen-bond donors (Lipinski definition) is 1. The van der Waals surface area contributed by atoms with E-state index < -0.39 is 36.2 Å². The van der Waals surface area contributed by atoms with E-state index in [0.717, 1.165) is 12.1 Å². The molecule has 0 aliphatic rings. The number of Topliss-reactive ketones (excluding diaryl/α,β-unsaturated/α-hetero) is 1. The number of ketones is 1. The van der Waals surface area contributed by atoms with Crippen molar-refractivity contribution in [3.63, 3.8) is 0 Å². The van der Waals surface area contributed by atoms with E-state index >= 15 is 0 Å². The number of benzene rings is 1. The summed E-state index contributed by atoms with van der Waals surface area (Å²) in [7, 11) is 0. The van der Waals surface area contributed by atoms with E-state index in [4.69, 9.17) is 4.74 Å². The van der Waals surface area contributed by atoms with Crippen LogP contribution in [0.2, 0.25) is 0 Å². The van der Waals surface area contributed by atoms with Crippen molar-refractivity contribution in [2.45, 2.75) is 25.8 Å². The van der Waals surface area contributed by atoms with Crippen LogP contribution in [0.25, 0.3) is 0 Å². The Morgan fingerprint density at radius 1 is 1.19 bits per heavy atom. The molecular weight excluding hydrogens is 364 g/mol. The van der Waals surface area contributed by atoms with Gasteiger partial charge in [-0.05, 0) is 24.4 Å². The molecule has 2 aromatic rings. The van der Waals surface area contributed by atoms with E-state index in [-0.39, 0.29) is 24.2 Å². The Hall–Kier alpha value is -2.61. The van der Waals surface area contributed by atoms with Crippen molar-refractivity contribution in [1.82, 2.24) is 5.32 Å². The van der Waals surface area contributed by atoms with Crippen LogP contribution in [0.3, 0.4) is 0 Å². The highest BCUT2D eigenvalue weighted by Crippen LogP contribution is 2.17. The highest BCUT2D eigenvalue weighted by molar-refractivity contribution is 7.12. The first-order valence-electron chi connectivity index (χ1n) is 7.83. The molecule has 1 N–H and O–H groups in total. The summed E-state index contributed by atoms with van der Waals surface area (Å²) in [6.07, 6.45) is -0.135. The van der Waals surface area contributed by atoms with Crippen LogP contribution in [0, 0.1) is 11.6 Å². The molecule has 5 nitrogen and oxygen atoms in total. The predicted octanol–water partition coefficient (Wildman–Crippen LogP) is 3.41. The second-order valence-electron chi connectivity index (χ2n) is 5.52. The SMILES string of the molecule is C[C@@H](NC(=O)COC(=O)CCC(=O)c1cccs1)c1ccc(F)cc1F. The Morgan fingerprint density at radius 2 is 1.96 bits per heavy atom. The van der Waals surface area contributed by atoms with Crippen molar-refractivity contribution in [3.05, 3.63) is 57.8 Å². The molecule has 2 rings (SSSR count). The number of esters is 1. The van der Waals surface area contributed by atoms with Crippen LogP contribution in [-0.2, 0) is 14.3 Å². The molecule has 8 heteroatoms. The van der Waals surface area contributed by atoms with Gasteiger partial charge in [-0.1, -0.05) is 12.1 Å². The van der Waals surface area contributed by atoms with Gasteiger partial charge in [0.15, 0.2) is 12.4 Å². The molecule has 1 amide bonds. The standard InChI is InChI=1S/C18H17F2NO4S/c1-11(13-5-4-12(19)9-14(13)20)21-17(23)10-25-18(24)7-6-15(22)16-3-2-8-26-16/h2-5,8-9,11H,6-7,10H2,1H3,(H,21,23)/t11-/m1/s1. The fourth-order valence-corrected chi connectivity index (χ4v) is 2.90. The van der Waals surface area contributed by atoms with E-state index in [1.54, 1.807) is 17.5 Å². The second kappa shape index (κ2) is 9.19. The smallest absolute Gasteiger partial charge is 0.306 e. The third kappa shape index (κ3) is 5.73. The summed E-state index contributed by atoms with van der Waals surface area (Å²) in [5.41, 5.74) is 0.118. The first-order chi connectivity index (χ1) is 12.4. The quantitative estimate of drug-likeness (QED) is 0.562. The normalized spacial score (nSPS) is 11.7. The molecule has 0 saturated heterocycles. The van der Waals surface area contributed by atoms with E-state index in [9.17, 15) is 23.2 Å². The number of amides is 1. The molecule has 0 saturated carbocycles.